The summed E-state index contributed by atoms with van der Waals surface area (Å²) in [4.78, 5) is 9.24. The molecule has 0 saturated carbocycles. The van der Waals surface area contributed by atoms with Gasteiger partial charge in [0.25, 0.3) is 0 Å². The minimum absolute atomic E-state index is 0. The van der Waals surface area contributed by atoms with Crippen LogP contribution in [-0.2, 0) is 20.1 Å². The Hall–Kier alpha value is -2.95. The Morgan fingerprint density at radius 1 is 0.833 bits per heavy atom. The van der Waals surface area contributed by atoms with E-state index in [1.807, 2.05) is 26.1 Å². The Kier molecular flexibility index (Phi) is 9.47. The zero-order valence-corrected chi connectivity index (χ0v) is 23.4. The van der Waals surface area contributed by atoms with E-state index >= 15 is 0 Å². The average Bonchev–Trinajstić information content (AvgIpc) is 2.83. The summed E-state index contributed by atoms with van der Waals surface area (Å²) < 4.78 is 0. The fourth-order valence-electron chi connectivity index (χ4n) is 4.39. The molecule has 1 aromatic heterocycles. The van der Waals surface area contributed by atoms with E-state index in [-0.39, 0.29) is 32.3 Å². The summed E-state index contributed by atoms with van der Waals surface area (Å²) in [5.74, 6) is 0. The van der Waals surface area contributed by atoms with Gasteiger partial charge < -0.3 is 15.2 Å². The summed E-state index contributed by atoms with van der Waals surface area (Å²) in [5.41, 5.74) is 6.19. The van der Waals surface area contributed by atoms with Crippen molar-refractivity contribution in [2.75, 3.05) is 0 Å². The van der Waals surface area contributed by atoms with Crippen LogP contribution in [-0.4, -0.2) is 32.4 Å². The third kappa shape index (κ3) is 6.43. The maximum atomic E-state index is 8.56. The summed E-state index contributed by atoms with van der Waals surface area (Å²) in [6, 6.07) is 29.1. The molecule has 0 aliphatic carbocycles. The SMILES string of the molecule is CC(O)CC(C)O.Cc1cnc(-c2[c-]ccc3c(-c4ccc5ccccc5c4)cccc23)c(C)n1.[Ir]. The van der Waals surface area contributed by atoms with Crippen LogP contribution in [0.3, 0.4) is 0 Å². The number of rotatable bonds is 4. The molecule has 0 amide bonds. The zero-order chi connectivity index (χ0) is 24.9. The van der Waals surface area contributed by atoms with Gasteiger partial charge in [0.15, 0.2) is 0 Å². The molecular formula is C31H31IrN2O2-. The first kappa shape index (κ1) is 27.6. The minimum atomic E-state index is -0.375. The fraction of sp³-hybridized carbons (Fsp3) is 0.226. The molecule has 187 valence electrons. The first-order valence-corrected chi connectivity index (χ1v) is 11.9. The first-order valence-electron chi connectivity index (χ1n) is 11.9. The fourth-order valence-corrected chi connectivity index (χ4v) is 4.39. The van der Waals surface area contributed by atoms with Crippen LogP contribution in [0, 0.1) is 19.9 Å². The van der Waals surface area contributed by atoms with Crippen molar-refractivity contribution in [3.63, 3.8) is 0 Å². The summed E-state index contributed by atoms with van der Waals surface area (Å²) in [6.45, 7) is 7.29. The molecule has 1 radical (unpaired) electrons. The molecule has 1 heterocycles. The van der Waals surface area contributed by atoms with Crippen molar-refractivity contribution in [3.8, 4) is 22.4 Å². The topological polar surface area (TPSA) is 66.2 Å². The smallest absolute Gasteiger partial charge is 0.0539 e. The third-order valence-electron chi connectivity index (χ3n) is 5.90. The Morgan fingerprint density at radius 3 is 2.22 bits per heavy atom. The number of benzene rings is 4. The molecule has 0 aliphatic rings. The van der Waals surface area contributed by atoms with Gasteiger partial charge in [-0.2, -0.15) is 0 Å². The van der Waals surface area contributed by atoms with Crippen LogP contribution in [0.1, 0.15) is 31.7 Å². The number of hydrogen-bond donors (Lipinski definition) is 2. The minimum Gasteiger partial charge on any atom is -0.393 e. The number of aryl methyl sites for hydroxylation is 2. The molecule has 2 unspecified atom stereocenters. The largest absolute Gasteiger partial charge is 0.393 e. The zero-order valence-electron chi connectivity index (χ0n) is 21.0. The van der Waals surface area contributed by atoms with Gasteiger partial charge in [-0.3, -0.25) is 4.98 Å². The van der Waals surface area contributed by atoms with Gasteiger partial charge in [0, 0.05) is 37.7 Å². The van der Waals surface area contributed by atoms with Gasteiger partial charge in [0.05, 0.1) is 17.9 Å². The van der Waals surface area contributed by atoms with Crippen molar-refractivity contribution >= 4 is 21.5 Å². The Bertz CT molecular complexity index is 1460. The maximum absolute atomic E-state index is 8.56. The molecule has 4 nitrogen and oxygen atoms in total. The Labute approximate surface area is 226 Å². The normalized spacial score (nSPS) is 12.4. The molecule has 0 spiro atoms. The van der Waals surface area contributed by atoms with Gasteiger partial charge in [0.2, 0.25) is 0 Å². The van der Waals surface area contributed by atoms with Gasteiger partial charge in [0.1, 0.15) is 0 Å². The summed E-state index contributed by atoms with van der Waals surface area (Å²) >= 11 is 0. The Balaban J connectivity index is 0.000000400. The molecule has 0 aliphatic heterocycles. The van der Waals surface area contributed by atoms with Crippen molar-refractivity contribution < 1.29 is 30.3 Å². The number of hydrogen-bond acceptors (Lipinski definition) is 4. The number of aliphatic hydroxyl groups excluding tert-OH is 2. The maximum Gasteiger partial charge on any atom is 0.0539 e. The van der Waals surface area contributed by atoms with E-state index in [0.717, 1.165) is 28.0 Å². The predicted molar refractivity (Wildman–Crippen MR) is 144 cm³/mol. The second kappa shape index (κ2) is 12.3. The van der Waals surface area contributed by atoms with E-state index in [0.29, 0.717) is 6.42 Å². The summed E-state index contributed by atoms with van der Waals surface area (Å²) in [6.07, 6.45) is 1.54. The molecule has 4 aromatic carbocycles. The van der Waals surface area contributed by atoms with Crippen LogP contribution in [0.25, 0.3) is 43.9 Å². The average molecular weight is 656 g/mol. The molecule has 5 aromatic rings. The van der Waals surface area contributed by atoms with E-state index in [9.17, 15) is 0 Å². The van der Waals surface area contributed by atoms with Crippen LogP contribution >= 0.6 is 0 Å². The van der Waals surface area contributed by atoms with E-state index in [1.54, 1.807) is 13.8 Å². The molecular weight excluding hydrogens is 625 g/mol. The van der Waals surface area contributed by atoms with Crippen molar-refractivity contribution in [2.45, 2.75) is 46.3 Å². The van der Waals surface area contributed by atoms with Gasteiger partial charge in [-0.25, -0.2) is 0 Å². The molecule has 2 N–H and O–H groups in total. The van der Waals surface area contributed by atoms with Crippen molar-refractivity contribution in [1.29, 1.82) is 0 Å². The van der Waals surface area contributed by atoms with Crippen LogP contribution < -0.4 is 0 Å². The predicted octanol–water partition coefficient (Wildman–Crippen LogP) is 6.67. The second-order valence-corrected chi connectivity index (χ2v) is 9.06. The van der Waals surface area contributed by atoms with E-state index in [4.69, 9.17) is 10.2 Å². The number of aliphatic hydroxyl groups is 2. The van der Waals surface area contributed by atoms with Crippen LogP contribution in [0.15, 0.2) is 79.0 Å². The second-order valence-electron chi connectivity index (χ2n) is 9.06. The number of aromatic nitrogens is 2. The monoisotopic (exact) mass is 656 g/mol. The van der Waals surface area contributed by atoms with E-state index < -0.39 is 0 Å². The van der Waals surface area contributed by atoms with E-state index in [2.05, 4.69) is 82.8 Å². The van der Waals surface area contributed by atoms with Gasteiger partial charge in [-0.05, 0) is 62.1 Å². The molecule has 0 bridgehead atoms. The van der Waals surface area contributed by atoms with Crippen molar-refractivity contribution in [3.05, 3.63) is 96.4 Å². The van der Waals surface area contributed by atoms with Crippen molar-refractivity contribution in [2.24, 2.45) is 0 Å². The molecule has 5 heteroatoms. The molecule has 5 rings (SSSR count). The van der Waals surface area contributed by atoms with Crippen LogP contribution in [0.5, 0.6) is 0 Å². The standard InChI is InChI=1S/C26H19N2.C5H12O2.Ir/c1-17-16-27-26(18(2)28-17)25-12-6-10-23-22(9-5-11-24(23)25)21-14-13-19-7-3-4-8-20(19)15-21;1-4(6)3-5(2)7;/h3-11,13-16H,1-2H3;4-7H,3H2,1-2H3;/q-1;;. The molecule has 2 atom stereocenters. The first-order chi connectivity index (χ1) is 16.8. The molecule has 0 saturated heterocycles. The quantitative estimate of drug-likeness (QED) is 0.213. The summed E-state index contributed by atoms with van der Waals surface area (Å²) in [7, 11) is 0. The van der Waals surface area contributed by atoms with Crippen LogP contribution in [0.2, 0.25) is 0 Å². The summed E-state index contributed by atoms with van der Waals surface area (Å²) in [5, 5.41) is 22.0. The number of nitrogens with zero attached hydrogens (tertiary/aromatic N) is 2. The van der Waals surface area contributed by atoms with Gasteiger partial charge in [-0.1, -0.05) is 65.4 Å². The van der Waals surface area contributed by atoms with Crippen molar-refractivity contribution in [1.82, 2.24) is 9.97 Å². The van der Waals surface area contributed by atoms with Crippen LogP contribution in [0.4, 0.5) is 0 Å². The molecule has 36 heavy (non-hydrogen) atoms. The third-order valence-corrected chi connectivity index (χ3v) is 5.90. The number of fused-ring (bicyclic) bond motifs is 2. The Morgan fingerprint density at radius 2 is 1.56 bits per heavy atom. The molecule has 0 fully saturated rings. The van der Waals surface area contributed by atoms with Gasteiger partial charge in [-0.15, -0.1) is 23.8 Å². The van der Waals surface area contributed by atoms with Gasteiger partial charge >= 0.3 is 0 Å². The van der Waals surface area contributed by atoms with E-state index in [1.165, 1.54) is 27.3 Å².